The van der Waals surface area contributed by atoms with E-state index in [9.17, 15) is 0 Å². The predicted molar refractivity (Wildman–Crippen MR) is 86.8 cm³/mol. The summed E-state index contributed by atoms with van der Waals surface area (Å²) in [6, 6.07) is 11.9. The number of likely N-dealkylation sites (N-methyl/N-ethyl adjacent to an activating group) is 1. The second-order valence-corrected chi connectivity index (χ2v) is 6.82. The topological polar surface area (TPSA) is 15.3 Å². The molecule has 1 aliphatic heterocycles. The van der Waals surface area contributed by atoms with Crippen molar-refractivity contribution in [1.29, 1.82) is 0 Å². The molecule has 0 aliphatic carbocycles. The molecule has 0 aromatic heterocycles. The number of rotatable bonds is 5. The Kier molecular flexibility index (Phi) is 5.22. The van der Waals surface area contributed by atoms with Crippen molar-refractivity contribution in [2.24, 2.45) is 17.8 Å². The van der Waals surface area contributed by atoms with Crippen LogP contribution >= 0.6 is 0 Å². The molecular formula is C18H30N2. The lowest BCUT2D eigenvalue weighted by atomic mass is 9.90. The lowest BCUT2D eigenvalue weighted by Gasteiger charge is -2.38. The third kappa shape index (κ3) is 3.24. The van der Waals surface area contributed by atoms with Crippen molar-refractivity contribution in [2.45, 2.75) is 39.8 Å². The van der Waals surface area contributed by atoms with E-state index in [1.807, 2.05) is 0 Å². The molecule has 112 valence electrons. The Morgan fingerprint density at radius 3 is 2.05 bits per heavy atom. The van der Waals surface area contributed by atoms with Gasteiger partial charge in [0.2, 0.25) is 0 Å². The van der Waals surface area contributed by atoms with Gasteiger partial charge in [-0.25, -0.2) is 0 Å². The van der Waals surface area contributed by atoms with Gasteiger partial charge in [0.05, 0.1) is 0 Å². The monoisotopic (exact) mass is 274 g/mol. The third-order valence-electron chi connectivity index (χ3n) is 4.93. The fraction of sp³-hybridized carbons (Fsp3) is 0.667. The molecule has 0 bridgehead atoms. The predicted octanol–water partition coefficient (Wildman–Crippen LogP) is 3.56. The van der Waals surface area contributed by atoms with Crippen molar-refractivity contribution in [2.75, 3.05) is 20.1 Å². The van der Waals surface area contributed by atoms with Gasteiger partial charge in [0.25, 0.3) is 0 Å². The third-order valence-corrected chi connectivity index (χ3v) is 4.93. The zero-order chi connectivity index (χ0) is 14.7. The average molecular weight is 274 g/mol. The molecular weight excluding hydrogens is 244 g/mol. The summed E-state index contributed by atoms with van der Waals surface area (Å²) >= 11 is 0. The first kappa shape index (κ1) is 15.5. The van der Waals surface area contributed by atoms with Gasteiger partial charge in [-0.2, -0.15) is 0 Å². The molecule has 1 saturated heterocycles. The Bertz CT molecular complexity index is 391. The van der Waals surface area contributed by atoms with Gasteiger partial charge in [-0.05, 0) is 30.4 Å². The van der Waals surface area contributed by atoms with E-state index in [1.54, 1.807) is 0 Å². The van der Waals surface area contributed by atoms with E-state index >= 15 is 0 Å². The molecule has 4 atom stereocenters. The first-order valence-corrected chi connectivity index (χ1v) is 8.00. The molecule has 4 unspecified atom stereocenters. The summed E-state index contributed by atoms with van der Waals surface area (Å²) < 4.78 is 0. The first-order valence-electron chi connectivity index (χ1n) is 8.00. The maximum absolute atomic E-state index is 3.56. The maximum atomic E-state index is 3.56. The Morgan fingerprint density at radius 1 is 1.05 bits per heavy atom. The minimum absolute atomic E-state index is 0.411. The van der Waals surface area contributed by atoms with Crippen LogP contribution in [0.2, 0.25) is 0 Å². The second kappa shape index (κ2) is 6.73. The van der Waals surface area contributed by atoms with Crippen LogP contribution in [0.15, 0.2) is 30.3 Å². The summed E-state index contributed by atoms with van der Waals surface area (Å²) in [5.74, 6) is 2.26. The Hall–Kier alpha value is -0.860. The quantitative estimate of drug-likeness (QED) is 0.883. The van der Waals surface area contributed by atoms with Crippen molar-refractivity contribution in [1.82, 2.24) is 10.2 Å². The van der Waals surface area contributed by atoms with Crippen molar-refractivity contribution in [3.05, 3.63) is 35.9 Å². The molecule has 0 spiro atoms. The van der Waals surface area contributed by atoms with Crippen LogP contribution in [-0.4, -0.2) is 31.1 Å². The number of hydrogen-bond donors (Lipinski definition) is 1. The van der Waals surface area contributed by atoms with E-state index in [1.165, 1.54) is 18.7 Å². The van der Waals surface area contributed by atoms with Crippen molar-refractivity contribution >= 4 is 0 Å². The van der Waals surface area contributed by atoms with Crippen LogP contribution in [-0.2, 0) is 0 Å². The van der Waals surface area contributed by atoms with Crippen LogP contribution in [0.3, 0.4) is 0 Å². The number of benzene rings is 1. The van der Waals surface area contributed by atoms with Crippen LogP contribution in [0.5, 0.6) is 0 Å². The fourth-order valence-corrected chi connectivity index (χ4v) is 3.63. The van der Waals surface area contributed by atoms with Gasteiger partial charge in [0.1, 0.15) is 0 Å². The van der Waals surface area contributed by atoms with Gasteiger partial charge in [0, 0.05) is 25.2 Å². The molecule has 0 saturated carbocycles. The average Bonchev–Trinajstić information content (AvgIpc) is 2.75. The van der Waals surface area contributed by atoms with Gasteiger partial charge in [-0.1, -0.05) is 58.0 Å². The smallest absolute Gasteiger partial charge is 0.0478 e. The Balaban J connectivity index is 2.23. The molecule has 1 aromatic rings. The zero-order valence-electron chi connectivity index (χ0n) is 13.6. The van der Waals surface area contributed by atoms with Crippen molar-refractivity contribution in [3.63, 3.8) is 0 Å². The van der Waals surface area contributed by atoms with Gasteiger partial charge in [-0.3, -0.25) is 4.90 Å². The normalized spacial score (nSPS) is 26.9. The maximum Gasteiger partial charge on any atom is 0.0478 e. The van der Waals surface area contributed by atoms with Crippen LogP contribution < -0.4 is 5.32 Å². The van der Waals surface area contributed by atoms with Crippen LogP contribution in [0, 0.1) is 17.8 Å². The number of nitrogens with one attached hydrogen (secondary N) is 1. The highest BCUT2D eigenvalue weighted by Gasteiger charge is 2.36. The lowest BCUT2D eigenvalue weighted by Crippen LogP contribution is -2.46. The van der Waals surface area contributed by atoms with Gasteiger partial charge < -0.3 is 5.32 Å². The molecule has 2 heteroatoms. The standard InChI is InChI=1S/C18H30N2/c1-13(2)18(20-11-14(3)15(4)12-20)17(19-5)16-9-7-6-8-10-16/h6-10,13-15,17-19H,11-12H2,1-5H3. The van der Waals surface area contributed by atoms with Crippen molar-refractivity contribution in [3.8, 4) is 0 Å². The van der Waals surface area contributed by atoms with Crippen molar-refractivity contribution < 1.29 is 0 Å². The SMILES string of the molecule is CNC(c1ccccc1)C(C(C)C)N1CC(C)C(C)C1. The second-order valence-electron chi connectivity index (χ2n) is 6.82. The Labute approximate surface area is 124 Å². The molecule has 20 heavy (non-hydrogen) atoms. The molecule has 1 N–H and O–H groups in total. The summed E-state index contributed by atoms with van der Waals surface area (Å²) in [5, 5.41) is 3.56. The molecule has 2 nitrogen and oxygen atoms in total. The minimum atomic E-state index is 0.411. The largest absolute Gasteiger partial charge is 0.312 e. The summed E-state index contributed by atoms with van der Waals surface area (Å²) in [5.41, 5.74) is 1.40. The van der Waals surface area contributed by atoms with E-state index in [4.69, 9.17) is 0 Å². The highest BCUT2D eigenvalue weighted by Crippen LogP contribution is 2.32. The van der Waals surface area contributed by atoms with E-state index in [-0.39, 0.29) is 0 Å². The van der Waals surface area contributed by atoms with Crippen LogP contribution in [0.1, 0.15) is 39.3 Å². The van der Waals surface area contributed by atoms with E-state index in [0.717, 1.165) is 11.8 Å². The van der Waals surface area contributed by atoms with Crippen LogP contribution in [0.4, 0.5) is 0 Å². The molecule has 1 fully saturated rings. The van der Waals surface area contributed by atoms with Gasteiger partial charge in [-0.15, -0.1) is 0 Å². The molecule has 1 aromatic carbocycles. The number of hydrogen-bond acceptors (Lipinski definition) is 2. The lowest BCUT2D eigenvalue weighted by molar-refractivity contribution is 0.142. The molecule has 1 aliphatic rings. The summed E-state index contributed by atoms with van der Waals surface area (Å²) in [6.07, 6.45) is 0. The van der Waals surface area contributed by atoms with E-state index in [0.29, 0.717) is 18.0 Å². The van der Waals surface area contributed by atoms with E-state index in [2.05, 4.69) is 75.3 Å². The fourth-order valence-electron chi connectivity index (χ4n) is 3.63. The molecule has 1 heterocycles. The number of nitrogens with zero attached hydrogens (tertiary/aromatic N) is 1. The highest BCUT2D eigenvalue weighted by atomic mass is 15.2. The Morgan fingerprint density at radius 2 is 1.60 bits per heavy atom. The van der Waals surface area contributed by atoms with Gasteiger partial charge in [0.15, 0.2) is 0 Å². The highest BCUT2D eigenvalue weighted by molar-refractivity contribution is 5.21. The zero-order valence-corrected chi connectivity index (χ0v) is 13.6. The van der Waals surface area contributed by atoms with Crippen LogP contribution in [0.25, 0.3) is 0 Å². The summed E-state index contributed by atoms with van der Waals surface area (Å²) in [7, 11) is 2.09. The van der Waals surface area contributed by atoms with E-state index < -0.39 is 0 Å². The molecule has 2 rings (SSSR count). The van der Waals surface area contributed by atoms with Gasteiger partial charge >= 0.3 is 0 Å². The molecule has 0 radical (unpaired) electrons. The summed E-state index contributed by atoms with van der Waals surface area (Å²) in [4.78, 5) is 2.70. The minimum Gasteiger partial charge on any atom is -0.312 e. The first-order chi connectivity index (χ1) is 9.54. The summed E-state index contributed by atoms with van der Waals surface area (Å²) in [6.45, 7) is 11.9. The number of likely N-dealkylation sites (tertiary alicyclic amines) is 1. The molecule has 0 amide bonds.